The van der Waals surface area contributed by atoms with Crippen molar-refractivity contribution in [1.29, 1.82) is 10.5 Å². The third-order valence-corrected chi connectivity index (χ3v) is 6.01. The van der Waals surface area contributed by atoms with Crippen LogP contribution in [0.5, 0.6) is 11.5 Å². The Bertz CT molecular complexity index is 1310. The third kappa shape index (κ3) is 2.68. The largest absolute Gasteiger partial charge is 0.497 e. The number of hydrogen-bond acceptors (Lipinski definition) is 8. The maximum atomic E-state index is 13.1. The van der Waals surface area contributed by atoms with Crippen molar-refractivity contribution in [3.63, 3.8) is 0 Å². The van der Waals surface area contributed by atoms with Crippen LogP contribution in [0.2, 0.25) is 0 Å². The molecule has 3 aromatic rings. The van der Waals surface area contributed by atoms with Gasteiger partial charge >= 0.3 is 0 Å². The van der Waals surface area contributed by atoms with E-state index in [-0.39, 0.29) is 22.8 Å². The molecule has 0 amide bonds. The molecule has 1 aliphatic rings. The molecule has 29 heavy (non-hydrogen) atoms. The lowest BCUT2D eigenvalue weighted by atomic mass is 9.84. The van der Waals surface area contributed by atoms with Gasteiger partial charge in [0.15, 0.2) is 5.75 Å². The second-order valence-electron chi connectivity index (χ2n) is 6.27. The number of allylic oxidation sites excluding steroid dienone is 1. The summed E-state index contributed by atoms with van der Waals surface area (Å²) in [6, 6.07) is 11.2. The van der Waals surface area contributed by atoms with Gasteiger partial charge in [-0.25, -0.2) is 0 Å². The Balaban J connectivity index is 2.05. The molecule has 4 N–H and O–H groups in total. The van der Waals surface area contributed by atoms with Crippen LogP contribution in [-0.2, 0) is 0 Å². The number of benzene rings is 1. The molecule has 0 aliphatic carbocycles. The topological polar surface area (TPSA) is 137 Å². The molecular weight excluding hydrogens is 390 g/mol. The summed E-state index contributed by atoms with van der Waals surface area (Å²) in [7, 11) is 3.25. The van der Waals surface area contributed by atoms with Crippen LogP contribution in [-0.4, -0.2) is 19.1 Å². The lowest BCUT2D eigenvalue weighted by molar-refractivity contribution is 0.397. The fourth-order valence-corrected chi connectivity index (χ4v) is 4.52. The molecular formula is C20H15N5O3S. The van der Waals surface area contributed by atoms with Crippen molar-refractivity contribution in [2.45, 2.75) is 5.92 Å². The van der Waals surface area contributed by atoms with Crippen LogP contribution >= 0.6 is 11.3 Å². The van der Waals surface area contributed by atoms with E-state index in [1.165, 1.54) is 11.3 Å². The molecule has 0 bridgehead atoms. The van der Waals surface area contributed by atoms with Gasteiger partial charge in [-0.3, -0.25) is 4.79 Å². The van der Waals surface area contributed by atoms with Gasteiger partial charge in [-0.1, -0.05) is 12.1 Å². The van der Waals surface area contributed by atoms with Crippen LogP contribution in [0.4, 0.5) is 5.00 Å². The summed E-state index contributed by atoms with van der Waals surface area (Å²) in [5.74, 6) is 0.152. The van der Waals surface area contributed by atoms with Crippen LogP contribution in [0, 0.1) is 22.7 Å². The highest BCUT2D eigenvalue weighted by Crippen LogP contribution is 2.47. The van der Waals surface area contributed by atoms with Gasteiger partial charge in [0.25, 0.3) is 5.56 Å². The highest BCUT2D eigenvalue weighted by atomic mass is 32.1. The minimum absolute atomic E-state index is 0.0642. The fraction of sp³-hybridized carbons (Fsp3) is 0.150. The van der Waals surface area contributed by atoms with Crippen LogP contribution in [0.1, 0.15) is 22.6 Å². The average Bonchev–Trinajstić information content (AvgIpc) is 3.10. The summed E-state index contributed by atoms with van der Waals surface area (Å²) in [6.07, 6.45) is 0. The Morgan fingerprint density at radius 3 is 2.59 bits per heavy atom. The number of rotatable bonds is 3. The van der Waals surface area contributed by atoms with Crippen molar-refractivity contribution in [1.82, 2.24) is 4.98 Å². The lowest BCUT2D eigenvalue weighted by Gasteiger charge is -2.26. The first-order valence-electron chi connectivity index (χ1n) is 8.56. The number of nitriles is 2. The van der Waals surface area contributed by atoms with E-state index in [9.17, 15) is 15.3 Å². The number of pyridine rings is 1. The summed E-state index contributed by atoms with van der Waals surface area (Å²) >= 11 is 1.28. The Labute approximate surface area is 169 Å². The van der Waals surface area contributed by atoms with E-state index in [0.29, 0.717) is 32.1 Å². The van der Waals surface area contributed by atoms with E-state index in [4.69, 9.17) is 15.2 Å². The third-order valence-electron chi connectivity index (χ3n) is 4.81. The van der Waals surface area contributed by atoms with E-state index in [1.807, 2.05) is 0 Å². The number of aromatic amines is 1. The monoisotopic (exact) mass is 405 g/mol. The first-order valence-corrected chi connectivity index (χ1v) is 9.37. The van der Waals surface area contributed by atoms with Crippen molar-refractivity contribution in [2.75, 3.05) is 19.5 Å². The molecule has 1 atom stereocenters. The number of aromatic nitrogens is 1. The zero-order valence-corrected chi connectivity index (χ0v) is 16.3. The number of hydrogen-bond donors (Lipinski definition) is 3. The number of fused-ring (bicyclic) bond motifs is 3. The van der Waals surface area contributed by atoms with Gasteiger partial charge < -0.3 is 25.5 Å². The summed E-state index contributed by atoms with van der Waals surface area (Å²) < 4.78 is 11.5. The molecule has 1 aliphatic heterocycles. The van der Waals surface area contributed by atoms with Crippen LogP contribution < -0.4 is 26.1 Å². The van der Waals surface area contributed by atoms with Gasteiger partial charge in [0.2, 0.25) is 5.88 Å². The molecule has 0 saturated carbocycles. The smallest absolute Gasteiger partial charge is 0.256 e. The van der Waals surface area contributed by atoms with Crippen molar-refractivity contribution in [3.8, 4) is 23.6 Å². The van der Waals surface area contributed by atoms with Gasteiger partial charge in [-0.15, -0.1) is 11.3 Å². The summed E-state index contributed by atoms with van der Waals surface area (Å²) in [4.78, 5) is 15.8. The second-order valence-corrected chi connectivity index (χ2v) is 7.29. The van der Waals surface area contributed by atoms with Gasteiger partial charge in [-0.05, 0) is 17.7 Å². The van der Waals surface area contributed by atoms with E-state index in [2.05, 4.69) is 22.4 Å². The quantitative estimate of drug-likeness (QED) is 0.609. The molecule has 2 aromatic heterocycles. The number of thiophene rings is 1. The van der Waals surface area contributed by atoms with Crippen LogP contribution in [0.15, 0.2) is 40.5 Å². The number of nitrogens with zero attached hydrogens (tertiary/aromatic N) is 2. The van der Waals surface area contributed by atoms with Crippen molar-refractivity contribution < 1.29 is 9.47 Å². The van der Waals surface area contributed by atoms with E-state index in [0.717, 1.165) is 0 Å². The minimum atomic E-state index is -0.700. The summed E-state index contributed by atoms with van der Waals surface area (Å²) in [5, 5.41) is 22.8. The molecule has 0 saturated heterocycles. The molecule has 4 rings (SSSR count). The molecule has 8 nitrogen and oxygen atoms in total. The number of nitrogens with two attached hydrogens (primary N) is 1. The number of ether oxygens (including phenoxy) is 2. The minimum Gasteiger partial charge on any atom is -0.497 e. The first kappa shape index (κ1) is 18.4. The molecule has 0 spiro atoms. The van der Waals surface area contributed by atoms with E-state index < -0.39 is 11.5 Å². The first-order chi connectivity index (χ1) is 14.0. The zero-order chi connectivity index (χ0) is 20.7. The predicted octanol–water partition coefficient (Wildman–Crippen LogP) is 2.73. The molecule has 0 radical (unpaired) electrons. The Morgan fingerprint density at radius 2 is 2.00 bits per heavy atom. The van der Waals surface area contributed by atoms with Crippen molar-refractivity contribution >= 4 is 26.6 Å². The van der Waals surface area contributed by atoms with Crippen LogP contribution in [0.25, 0.3) is 10.2 Å². The Kier molecular flexibility index (Phi) is 4.38. The molecule has 0 fully saturated rings. The molecule has 1 aromatic carbocycles. The van der Waals surface area contributed by atoms with Gasteiger partial charge in [0.1, 0.15) is 34.0 Å². The molecule has 144 valence electrons. The van der Waals surface area contributed by atoms with E-state index in [1.54, 1.807) is 38.4 Å². The highest BCUT2D eigenvalue weighted by molar-refractivity contribution is 7.23. The lowest BCUT2D eigenvalue weighted by Crippen LogP contribution is -2.27. The SMILES string of the molecule is CNc1sc2c3c(c(=O)[nH]c2c1C#N)C(c1ccc(OC)cc1)C(C#N)=C(N)O3. The number of H-pyrrole nitrogens is 1. The fourth-order valence-electron chi connectivity index (χ4n) is 3.46. The maximum absolute atomic E-state index is 13.1. The van der Waals surface area contributed by atoms with Gasteiger partial charge in [0.05, 0.1) is 28.8 Å². The molecule has 3 heterocycles. The van der Waals surface area contributed by atoms with Gasteiger partial charge in [-0.2, -0.15) is 10.5 Å². The second kappa shape index (κ2) is 6.89. The Hall–Kier alpha value is -3.95. The highest BCUT2D eigenvalue weighted by Gasteiger charge is 2.35. The molecule has 9 heteroatoms. The molecule has 1 unspecified atom stereocenters. The number of anilines is 1. The van der Waals surface area contributed by atoms with Crippen molar-refractivity contribution in [3.05, 3.63) is 62.8 Å². The Morgan fingerprint density at radius 1 is 1.28 bits per heavy atom. The number of methoxy groups -OCH3 is 1. The number of nitrogens with one attached hydrogen (secondary N) is 2. The summed E-state index contributed by atoms with van der Waals surface area (Å²) in [6.45, 7) is 0. The van der Waals surface area contributed by atoms with Crippen LogP contribution in [0.3, 0.4) is 0 Å². The standard InChI is InChI=1S/C20H15N5O3S/c1-24-20-12(8-22)15-17(29-20)16-14(19(26)25-15)13(11(7-21)18(23)28-16)9-3-5-10(27-2)6-4-9/h3-6,13,24H,23H2,1-2H3,(H,25,26). The maximum Gasteiger partial charge on any atom is 0.256 e. The zero-order valence-electron chi connectivity index (χ0n) is 15.5. The average molecular weight is 405 g/mol. The van der Waals surface area contributed by atoms with E-state index >= 15 is 0 Å². The normalized spacial score (nSPS) is 15.2. The van der Waals surface area contributed by atoms with Gasteiger partial charge in [0, 0.05) is 7.05 Å². The van der Waals surface area contributed by atoms with Crippen molar-refractivity contribution in [2.24, 2.45) is 5.73 Å². The predicted molar refractivity (Wildman–Crippen MR) is 109 cm³/mol. The summed E-state index contributed by atoms with van der Waals surface area (Å²) in [5.41, 5.74) is 7.46.